The summed E-state index contributed by atoms with van der Waals surface area (Å²) in [6.45, 7) is 5.77. The van der Waals surface area contributed by atoms with Crippen LogP contribution in [0.5, 0.6) is 0 Å². The van der Waals surface area contributed by atoms with Crippen LogP contribution < -0.4 is 5.73 Å². The molecule has 1 aliphatic carbocycles. The number of hydrogen-bond acceptors (Lipinski definition) is 3. The lowest BCUT2D eigenvalue weighted by Crippen LogP contribution is -2.41. The molecule has 0 aliphatic heterocycles. The molecule has 1 fully saturated rings. The molecule has 1 heterocycles. The van der Waals surface area contributed by atoms with Gasteiger partial charge in [0.2, 0.25) is 0 Å². The number of rotatable bonds is 4. The second kappa shape index (κ2) is 6.47. The Bertz CT molecular complexity index is 551. The van der Waals surface area contributed by atoms with Gasteiger partial charge >= 0.3 is 0 Å². The molecule has 1 saturated carbocycles. The minimum absolute atomic E-state index is 0.430. The molecule has 1 aromatic heterocycles. The van der Waals surface area contributed by atoms with E-state index in [4.69, 9.17) is 5.73 Å². The summed E-state index contributed by atoms with van der Waals surface area (Å²) in [6.07, 6.45) is 4.87. The second-order valence-electron chi connectivity index (χ2n) is 6.26. The molecule has 1 aliphatic rings. The van der Waals surface area contributed by atoms with Crippen LogP contribution in [0.3, 0.4) is 0 Å². The molecule has 1 atom stereocenters. The van der Waals surface area contributed by atoms with Crippen molar-refractivity contribution in [3.8, 4) is 0 Å². The summed E-state index contributed by atoms with van der Waals surface area (Å²) in [5, 5.41) is 1.38. The zero-order valence-corrected chi connectivity index (χ0v) is 13.9. The molecule has 0 radical (unpaired) electrons. The molecule has 0 saturated heterocycles. The summed E-state index contributed by atoms with van der Waals surface area (Å²) in [4.78, 5) is 4.17. The van der Waals surface area contributed by atoms with Crippen LogP contribution in [0.4, 0.5) is 0 Å². The fourth-order valence-electron chi connectivity index (χ4n) is 3.65. The van der Waals surface area contributed by atoms with Gasteiger partial charge in [-0.1, -0.05) is 25.1 Å². The molecular weight excluding hydrogens is 276 g/mol. The third kappa shape index (κ3) is 3.15. The highest BCUT2D eigenvalue weighted by Gasteiger charge is 2.27. The Balaban J connectivity index is 1.79. The Morgan fingerprint density at radius 3 is 2.62 bits per heavy atom. The van der Waals surface area contributed by atoms with E-state index >= 15 is 0 Å². The number of thiophene rings is 1. The van der Waals surface area contributed by atoms with Gasteiger partial charge < -0.3 is 5.73 Å². The van der Waals surface area contributed by atoms with Crippen molar-refractivity contribution in [1.82, 2.24) is 4.90 Å². The summed E-state index contributed by atoms with van der Waals surface area (Å²) in [5.41, 5.74) is 6.06. The van der Waals surface area contributed by atoms with Crippen molar-refractivity contribution in [1.29, 1.82) is 0 Å². The standard InChI is InChI=1S/C18H26N2S/c1-3-20(16-10-8-15(19)9-11-16)13(2)18-12-14-6-4-5-7-17(14)21-18/h4-7,12-13,15-16H,3,8-11,19H2,1-2H3. The van der Waals surface area contributed by atoms with Gasteiger partial charge in [-0.25, -0.2) is 0 Å². The monoisotopic (exact) mass is 302 g/mol. The number of nitrogens with zero attached hydrogens (tertiary/aromatic N) is 1. The Hall–Kier alpha value is -0.900. The number of nitrogens with two attached hydrogens (primary N) is 1. The van der Waals surface area contributed by atoms with Crippen molar-refractivity contribution >= 4 is 21.4 Å². The molecule has 2 aromatic rings. The molecule has 114 valence electrons. The SMILES string of the molecule is CCN(C1CCC(N)CC1)C(C)c1cc2ccccc2s1. The van der Waals surface area contributed by atoms with E-state index < -0.39 is 0 Å². The van der Waals surface area contributed by atoms with Crippen LogP contribution in [0.25, 0.3) is 10.1 Å². The van der Waals surface area contributed by atoms with E-state index in [-0.39, 0.29) is 0 Å². The van der Waals surface area contributed by atoms with Crippen molar-refractivity contribution in [3.63, 3.8) is 0 Å². The van der Waals surface area contributed by atoms with E-state index in [1.165, 1.54) is 40.6 Å². The van der Waals surface area contributed by atoms with Crippen LogP contribution in [0, 0.1) is 0 Å². The first-order valence-electron chi connectivity index (χ1n) is 8.19. The molecule has 1 unspecified atom stereocenters. The van der Waals surface area contributed by atoms with Crippen LogP contribution in [0.15, 0.2) is 30.3 Å². The van der Waals surface area contributed by atoms with Crippen LogP contribution in [0.1, 0.15) is 50.4 Å². The minimum Gasteiger partial charge on any atom is -0.328 e. The van der Waals surface area contributed by atoms with Crippen LogP contribution in [-0.4, -0.2) is 23.5 Å². The zero-order chi connectivity index (χ0) is 14.8. The number of fused-ring (bicyclic) bond motifs is 1. The third-order valence-electron chi connectivity index (χ3n) is 4.93. The fourth-order valence-corrected chi connectivity index (χ4v) is 4.79. The van der Waals surface area contributed by atoms with Gasteiger partial charge in [0.1, 0.15) is 0 Å². The topological polar surface area (TPSA) is 29.3 Å². The first kappa shape index (κ1) is 15.0. The molecule has 2 N–H and O–H groups in total. The molecule has 3 rings (SSSR count). The number of benzene rings is 1. The molecule has 1 aromatic carbocycles. The van der Waals surface area contributed by atoms with E-state index in [0.29, 0.717) is 18.1 Å². The lowest BCUT2D eigenvalue weighted by atomic mass is 9.90. The summed E-state index contributed by atoms with van der Waals surface area (Å²) < 4.78 is 1.40. The summed E-state index contributed by atoms with van der Waals surface area (Å²) >= 11 is 1.95. The van der Waals surface area contributed by atoms with Crippen LogP contribution in [0.2, 0.25) is 0 Å². The van der Waals surface area contributed by atoms with E-state index in [2.05, 4.69) is 49.1 Å². The quantitative estimate of drug-likeness (QED) is 0.897. The maximum atomic E-state index is 6.06. The van der Waals surface area contributed by atoms with Gasteiger partial charge in [0.05, 0.1) is 0 Å². The van der Waals surface area contributed by atoms with Gasteiger partial charge in [-0.3, -0.25) is 4.90 Å². The Kier molecular flexibility index (Phi) is 4.63. The Morgan fingerprint density at radius 2 is 1.95 bits per heavy atom. The van der Waals surface area contributed by atoms with E-state index in [9.17, 15) is 0 Å². The average Bonchev–Trinajstić information content (AvgIpc) is 2.93. The number of hydrogen-bond donors (Lipinski definition) is 1. The first-order chi connectivity index (χ1) is 10.2. The predicted molar refractivity (Wildman–Crippen MR) is 92.9 cm³/mol. The molecule has 0 bridgehead atoms. The average molecular weight is 302 g/mol. The zero-order valence-electron chi connectivity index (χ0n) is 13.1. The highest BCUT2D eigenvalue weighted by atomic mass is 32.1. The van der Waals surface area contributed by atoms with E-state index in [1.807, 2.05) is 11.3 Å². The Morgan fingerprint density at radius 1 is 1.24 bits per heavy atom. The Labute approximate surface area is 131 Å². The minimum atomic E-state index is 0.430. The van der Waals surface area contributed by atoms with Crippen molar-refractivity contribution in [2.75, 3.05) is 6.54 Å². The lowest BCUT2D eigenvalue weighted by molar-refractivity contribution is 0.116. The van der Waals surface area contributed by atoms with E-state index in [0.717, 1.165) is 6.54 Å². The molecule has 0 amide bonds. The smallest absolute Gasteiger partial charge is 0.0416 e. The molecule has 0 spiro atoms. The van der Waals surface area contributed by atoms with Crippen LogP contribution >= 0.6 is 11.3 Å². The second-order valence-corrected chi connectivity index (χ2v) is 7.38. The first-order valence-corrected chi connectivity index (χ1v) is 9.00. The van der Waals surface area contributed by atoms with Crippen LogP contribution in [-0.2, 0) is 0 Å². The summed E-state index contributed by atoms with van der Waals surface area (Å²) in [5.74, 6) is 0. The fraction of sp³-hybridized carbons (Fsp3) is 0.556. The van der Waals surface area contributed by atoms with Gasteiger partial charge in [-0.05, 0) is 56.7 Å². The van der Waals surface area contributed by atoms with Crippen molar-refractivity contribution in [2.45, 2.75) is 57.7 Å². The van der Waals surface area contributed by atoms with Gasteiger partial charge in [0, 0.05) is 27.7 Å². The summed E-state index contributed by atoms with van der Waals surface area (Å²) in [7, 11) is 0. The van der Waals surface area contributed by atoms with Crippen molar-refractivity contribution < 1.29 is 0 Å². The van der Waals surface area contributed by atoms with Crippen molar-refractivity contribution in [2.24, 2.45) is 5.73 Å². The normalized spacial score (nSPS) is 24.6. The lowest BCUT2D eigenvalue weighted by Gasteiger charge is -2.38. The maximum Gasteiger partial charge on any atom is 0.0416 e. The highest BCUT2D eigenvalue weighted by molar-refractivity contribution is 7.19. The predicted octanol–water partition coefficient (Wildman–Crippen LogP) is 4.55. The van der Waals surface area contributed by atoms with Gasteiger partial charge in [-0.2, -0.15) is 0 Å². The largest absolute Gasteiger partial charge is 0.328 e. The molecular formula is C18H26N2S. The highest BCUT2D eigenvalue weighted by Crippen LogP contribution is 2.35. The third-order valence-corrected chi connectivity index (χ3v) is 6.22. The van der Waals surface area contributed by atoms with Gasteiger partial charge in [-0.15, -0.1) is 11.3 Å². The molecule has 3 heteroatoms. The molecule has 21 heavy (non-hydrogen) atoms. The van der Waals surface area contributed by atoms with Gasteiger partial charge in [0.15, 0.2) is 0 Å². The summed E-state index contributed by atoms with van der Waals surface area (Å²) in [6, 6.07) is 12.7. The maximum absolute atomic E-state index is 6.06. The van der Waals surface area contributed by atoms with Crippen molar-refractivity contribution in [3.05, 3.63) is 35.2 Å². The van der Waals surface area contributed by atoms with Gasteiger partial charge in [0.25, 0.3) is 0 Å². The van der Waals surface area contributed by atoms with E-state index in [1.54, 1.807) is 0 Å². The molecule has 2 nitrogen and oxygen atoms in total.